The second-order valence-electron chi connectivity index (χ2n) is 4.30. The molecule has 0 aliphatic rings. The molecule has 0 atom stereocenters. The van der Waals surface area contributed by atoms with E-state index in [0.717, 1.165) is 21.9 Å². The molecule has 0 amide bonds. The van der Waals surface area contributed by atoms with E-state index in [0.29, 0.717) is 18.5 Å². The van der Waals surface area contributed by atoms with E-state index in [1.165, 1.54) is 12.1 Å². The van der Waals surface area contributed by atoms with Gasteiger partial charge >= 0.3 is 0 Å². The van der Waals surface area contributed by atoms with Gasteiger partial charge in [0.15, 0.2) is 0 Å². The van der Waals surface area contributed by atoms with Gasteiger partial charge in [-0.25, -0.2) is 13.8 Å². The van der Waals surface area contributed by atoms with Crippen molar-refractivity contribution in [2.75, 3.05) is 11.9 Å². The highest BCUT2D eigenvalue weighted by Crippen LogP contribution is 2.20. The Morgan fingerprint density at radius 1 is 1.16 bits per heavy atom. The average molecular weight is 327 g/mol. The van der Waals surface area contributed by atoms with Gasteiger partial charge in [-0.3, -0.25) is 0 Å². The molecule has 0 unspecified atom stereocenters. The van der Waals surface area contributed by atoms with Crippen LogP contribution in [0.4, 0.5) is 14.6 Å². The normalized spacial score (nSPS) is 10.5. The molecule has 19 heavy (non-hydrogen) atoms. The Kier molecular flexibility index (Phi) is 4.47. The van der Waals surface area contributed by atoms with E-state index in [1.807, 2.05) is 13.0 Å². The minimum Gasteiger partial charge on any atom is -0.369 e. The van der Waals surface area contributed by atoms with Gasteiger partial charge in [0, 0.05) is 18.8 Å². The lowest BCUT2D eigenvalue weighted by Crippen LogP contribution is -2.07. The highest BCUT2D eigenvalue weighted by molar-refractivity contribution is 9.10. The zero-order chi connectivity index (χ0) is 13.8. The standard InChI is InChI=1S/C14H13BrF2N2/c1-9-4-13(15)14(19-8-9)18-3-2-10-5-11(16)7-12(17)6-10/h4-8H,2-3H2,1H3,(H,18,19). The molecular weight excluding hydrogens is 314 g/mol. The number of hydrogen-bond donors (Lipinski definition) is 1. The highest BCUT2D eigenvalue weighted by atomic mass is 79.9. The first-order chi connectivity index (χ1) is 9.04. The van der Waals surface area contributed by atoms with Gasteiger partial charge < -0.3 is 5.32 Å². The van der Waals surface area contributed by atoms with Gasteiger partial charge in [0.2, 0.25) is 0 Å². The van der Waals surface area contributed by atoms with Crippen LogP contribution >= 0.6 is 15.9 Å². The molecular formula is C14H13BrF2N2. The molecule has 0 saturated carbocycles. The van der Waals surface area contributed by atoms with Crippen molar-refractivity contribution in [1.82, 2.24) is 4.98 Å². The molecule has 2 aromatic rings. The maximum absolute atomic E-state index is 13.0. The molecule has 1 heterocycles. The Morgan fingerprint density at radius 2 is 1.84 bits per heavy atom. The van der Waals surface area contributed by atoms with Crippen molar-refractivity contribution in [3.8, 4) is 0 Å². The lowest BCUT2D eigenvalue weighted by molar-refractivity contribution is 0.580. The fraction of sp³-hybridized carbons (Fsp3) is 0.214. The molecule has 0 aliphatic heterocycles. The molecule has 2 rings (SSSR count). The fourth-order valence-electron chi connectivity index (χ4n) is 1.74. The third kappa shape index (κ3) is 3.99. The molecule has 5 heteroatoms. The number of benzene rings is 1. The highest BCUT2D eigenvalue weighted by Gasteiger charge is 2.03. The van der Waals surface area contributed by atoms with E-state index >= 15 is 0 Å². The molecule has 100 valence electrons. The Bertz CT molecular complexity index is 567. The van der Waals surface area contributed by atoms with Gasteiger partial charge in [-0.1, -0.05) is 0 Å². The summed E-state index contributed by atoms with van der Waals surface area (Å²) in [6.45, 7) is 2.51. The second kappa shape index (κ2) is 6.10. The molecule has 1 N–H and O–H groups in total. The van der Waals surface area contributed by atoms with Gasteiger partial charge in [0.25, 0.3) is 0 Å². The summed E-state index contributed by atoms with van der Waals surface area (Å²) in [6, 6.07) is 5.50. The minimum atomic E-state index is -0.551. The molecule has 0 saturated heterocycles. The van der Waals surface area contributed by atoms with Gasteiger partial charge in [0.1, 0.15) is 17.5 Å². The number of aryl methyl sites for hydroxylation is 1. The minimum absolute atomic E-state index is 0.524. The maximum Gasteiger partial charge on any atom is 0.140 e. The Balaban J connectivity index is 1.96. The number of rotatable bonds is 4. The summed E-state index contributed by atoms with van der Waals surface area (Å²) in [7, 11) is 0. The van der Waals surface area contributed by atoms with E-state index in [-0.39, 0.29) is 0 Å². The van der Waals surface area contributed by atoms with Crippen molar-refractivity contribution >= 4 is 21.7 Å². The number of nitrogens with zero attached hydrogens (tertiary/aromatic N) is 1. The van der Waals surface area contributed by atoms with Crippen LogP contribution in [0, 0.1) is 18.6 Å². The molecule has 1 aromatic carbocycles. The topological polar surface area (TPSA) is 24.9 Å². The Labute approximate surface area is 119 Å². The number of aromatic nitrogens is 1. The molecule has 0 radical (unpaired) electrons. The van der Waals surface area contributed by atoms with Crippen LogP contribution in [0.2, 0.25) is 0 Å². The van der Waals surface area contributed by atoms with E-state index < -0.39 is 11.6 Å². The van der Waals surface area contributed by atoms with Gasteiger partial charge in [-0.05, 0) is 58.6 Å². The van der Waals surface area contributed by atoms with Crippen LogP contribution in [0.15, 0.2) is 34.9 Å². The van der Waals surface area contributed by atoms with Gasteiger partial charge in [-0.2, -0.15) is 0 Å². The van der Waals surface area contributed by atoms with Crippen LogP contribution in [-0.4, -0.2) is 11.5 Å². The average Bonchev–Trinajstić information content (AvgIpc) is 2.30. The number of pyridine rings is 1. The van der Waals surface area contributed by atoms with Crippen LogP contribution in [0.5, 0.6) is 0 Å². The van der Waals surface area contributed by atoms with Crippen LogP contribution in [0.25, 0.3) is 0 Å². The summed E-state index contributed by atoms with van der Waals surface area (Å²) in [5, 5.41) is 3.12. The summed E-state index contributed by atoms with van der Waals surface area (Å²) in [5.41, 5.74) is 1.68. The number of hydrogen-bond acceptors (Lipinski definition) is 2. The van der Waals surface area contributed by atoms with Crippen LogP contribution in [0.3, 0.4) is 0 Å². The molecule has 0 bridgehead atoms. The smallest absolute Gasteiger partial charge is 0.140 e. The Hall–Kier alpha value is -1.49. The number of anilines is 1. The monoisotopic (exact) mass is 326 g/mol. The summed E-state index contributed by atoms with van der Waals surface area (Å²) >= 11 is 3.41. The van der Waals surface area contributed by atoms with Crippen molar-refractivity contribution in [3.05, 3.63) is 57.7 Å². The molecule has 1 aromatic heterocycles. The van der Waals surface area contributed by atoms with Crippen LogP contribution < -0.4 is 5.32 Å². The van der Waals surface area contributed by atoms with Crippen LogP contribution in [-0.2, 0) is 6.42 Å². The predicted octanol–water partition coefficient (Wildman–Crippen LogP) is 4.09. The third-order valence-electron chi connectivity index (χ3n) is 2.61. The first-order valence-electron chi connectivity index (χ1n) is 5.85. The van der Waals surface area contributed by atoms with E-state index in [2.05, 4.69) is 26.2 Å². The van der Waals surface area contributed by atoms with Crippen molar-refractivity contribution < 1.29 is 8.78 Å². The second-order valence-corrected chi connectivity index (χ2v) is 5.15. The molecule has 0 spiro atoms. The number of halogens is 3. The van der Waals surface area contributed by atoms with E-state index in [1.54, 1.807) is 6.20 Å². The summed E-state index contributed by atoms with van der Waals surface area (Å²) < 4.78 is 26.9. The molecule has 0 fully saturated rings. The summed E-state index contributed by atoms with van der Waals surface area (Å²) in [5.74, 6) is -0.378. The lowest BCUT2D eigenvalue weighted by Gasteiger charge is -2.08. The van der Waals surface area contributed by atoms with Crippen molar-refractivity contribution in [1.29, 1.82) is 0 Å². The summed E-state index contributed by atoms with van der Waals surface area (Å²) in [4.78, 5) is 4.24. The van der Waals surface area contributed by atoms with E-state index in [4.69, 9.17) is 0 Å². The lowest BCUT2D eigenvalue weighted by atomic mass is 10.1. The van der Waals surface area contributed by atoms with Crippen molar-refractivity contribution in [2.45, 2.75) is 13.3 Å². The molecule has 0 aliphatic carbocycles. The first-order valence-corrected chi connectivity index (χ1v) is 6.65. The van der Waals surface area contributed by atoms with Gasteiger partial charge in [-0.15, -0.1) is 0 Å². The van der Waals surface area contributed by atoms with Crippen molar-refractivity contribution in [3.63, 3.8) is 0 Å². The van der Waals surface area contributed by atoms with E-state index in [9.17, 15) is 8.78 Å². The first kappa shape index (κ1) is 13.9. The SMILES string of the molecule is Cc1cnc(NCCc2cc(F)cc(F)c2)c(Br)c1. The molecule has 2 nitrogen and oxygen atoms in total. The third-order valence-corrected chi connectivity index (χ3v) is 3.21. The quantitative estimate of drug-likeness (QED) is 0.915. The largest absolute Gasteiger partial charge is 0.369 e. The van der Waals surface area contributed by atoms with Gasteiger partial charge in [0.05, 0.1) is 4.47 Å². The maximum atomic E-state index is 13.0. The summed E-state index contributed by atoms with van der Waals surface area (Å²) in [6.07, 6.45) is 2.28. The predicted molar refractivity (Wildman–Crippen MR) is 75.2 cm³/mol. The zero-order valence-corrected chi connectivity index (χ0v) is 12.0. The Morgan fingerprint density at radius 3 is 2.47 bits per heavy atom. The van der Waals surface area contributed by atoms with Crippen molar-refractivity contribution in [2.24, 2.45) is 0 Å². The zero-order valence-electron chi connectivity index (χ0n) is 10.4. The van der Waals surface area contributed by atoms with Crippen LogP contribution in [0.1, 0.15) is 11.1 Å². The fourth-order valence-corrected chi connectivity index (χ4v) is 2.35. The number of nitrogens with one attached hydrogen (secondary N) is 1.